The van der Waals surface area contributed by atoms with Crippen LogP contribution in [0.2, 0.25) is 0 Å². The zero-order valence-electron chi connectivity index (χ0n) is 14.5. The smallest absolute Gasteiger partial charge is 0.118 e. The molecule has 0 saturated carbocycles. The van der Waals surface area contributed by atoms with Gasteiger partial charge in [-0.3, -0.25) is 9.80 Å². The predicted octanol–water partition coefficient (Wildman–Crippen LogP) is 2.69. The maximum Gasteiger partial charge on any atom is 0.118 e. The first-order valence-corrected chi connectivity index (χ1v) is 7.92. The Labute approximate surface area is 129 Å². The predicted molar refractivity (Wildman–Crippen MR) is 87.3 cm³/mol. The van der Waals surface area contributed by atoms with Gasteiger partial charge in [-0.25, -0.2) is 0 Å². The fourth-order valence-electron chi connectivity index (χ4n) is 2.65. The molecule has 1 aliphatic rings. The molecule has 0 atom stereocenters. The van der Waals surface area contributed by atoms with Crippen LogP contribution >= 0.6 is 0 Å². The Kier molecular flexibility index (Phi) is 4.81. The van der Waals surface area contributed by atoms with Gasteiger partial charge in [-0.15, -0.1) is 0 Å². The van der Waals surface area contributed by atoms with E-state index in [2.05, 4.69) is 68.9 Å². The summed E-state index contributed by atoms with van der Waals surface area (Å²) in [4.78, 5) is 4.92. The monoisotopic (exact) mass is 293 g/mol. The average molecular weight is 293 g/mol. The number of nitrogens with zero attached hydrogens (tertiary/aromatic N) is 2. The lowest BCUT2D eigenvalue weighted by atomic mass is 10.00. The first kappa shape index (κ1) is 16.5. The molecule has 1 aromatic rings. The summed E-state index contributed by atoms with van der Waals surface area (Å²) in [5.41, 5.74) is 0.357. The third-order valence-corrected chi connectivity index (χ3v) is 4.29. The van der Waals surface area contributed by atoms with Crippen molar-refractivity contribution in [2.24, 2.45) is 0 Å². The topological polar surface area (TPSA) is 31.6 Å². The van der Waals surface area contributed by atoms with Crippen molar-refractivity contribution >= 4 is 0 Å². The van der Waals surface area contributed by atoms with Gasteiger partial charge < -0.3 is 9.73 Å². The number of hydrogen-bond acceptors (Lipinski definition) is 4. The highest BCUT2D eigenvalue weighted by Gasteiger charge is 2.31. The molecule has 0 spiro atoms. The molecule has 1 saturated heterocycles. The van der Waals surface area contributed by atoms with Crippen LogP contribution in [0.25, 0.3) is 0 Å². The van der Waals surface area contributed by atoms with E-state index < -0.39 is 0 Å². The van der Waals surface area contributed by atoms with E-state index in [1.807, 2.05) is 0 Å². The fourth-order valence-corrected chi connectivity index (χ4v) is 2.65. The molecule has 0 aromatic carbocycles. The number of rotatable bonds is 4. The number of likely N-dealkylation sites (N-methyl/N-ethyl adjacent to an activating group) is 1. The fraction of sp³-hybridized carbons (Fsp3) is 0.765. The number of nitrogens with one attached hydrogen (secondary N) is 1. The van der Waals surface area contributed by atoms with Crippen LogP contribution in [0.1, 0.15) is 46.1 Å². The summed E-state index contributed by atoms with van der Waals surface area (Å²) in [6.45, 7) is 16.1. The SMILES string of the molecule is CN1CCN(Cc2ccc(CNC(C)(C)C)o2)CC1(C)C. The summed E-state index contributed by atoms with van der Waals surface area (Å²) < 4.78 is 5.96. The van der Waals surface area contributed by atoms with Gasteiger partial charge in [0.05, 0.1) is 13.1 Å². The van der Waals surface area contributed by atoms with Gasteiger partial charge in [-0.05, 0) is 53.8 Å². The van der Waals surface area contributed by atoms with Crippen LogP contribution in [0.15, 0.2) is 16.5 Å². The molecule has 2 rings (SSSR count). The Balaban J connectivity index is 1.88. The number of furan rings is 1. The Hall–Kier alpha value is -0.840. The minimum atomic E-state index is 0.119. The third-order valence-electron chi connectivity index (χ3n) is 4.29. The normalized spacial score (nSPS) is 20.9. The molecular formula is C17H31N3O. The molecule has 0 amide bonds. The van der Waals surface area contributed by atoms with Crippen LogP contribution < -0.4 is 5.32 Å². The molecule has 0 unspecified atom stereocenters. The molecule has 1 aliphatic heterocycles. The van der Waals surface area contributed by atoms with Gasteiger partial charge in [0.15, 0.2) is 0 Å². The van der Waals surface area contributed by atoms with Gasteiger partial charge in [-0.1, -0.05) is 0 Å². The molecule has 1 N–H and O–H groups in total. The van der Waals surface area contributed by atoms with Crippen molar-refractivity contribution in [3.63, 3.8) is 0 Å². The van der Waals surface area contributed by atoms with Crippen molar-refractivity contribution in [3.8, 4) is 0 Å². The van der Waals surface area contributed by atoms with Gasteiger partial charge in [0.25, 0.3) is 0 Å². The molecule has 4 nitrogen and oxygen atoms in total. The molecule has 21 heavy (non-hydrogen) atoms. The minimum Gasteiger partial charge on any atom is -0.463 e. The van der Waals surface area contributed by atoms with E-state index in [1.54, 1.807) is 0 Å². The first-order valence-electron chi connectivity index (χ1n) is 7.92. The molecule has 1 aromatic heterocycles. The maximum absolute atomic E-state index is 5.96. The Morgan fingerprint density at radius 1 is 1.19 bits per heavy atom. The molecular weight excluding hydrogens is 262 g/mol. The molecule has 0 aliphatic carbocycles. The van der Waals surface area contributed by atoms with Crippen LogP contribution in [0.4, 0.5) is 0 Å². The second-order valence-corrected chi connectivity index (χ2v) is 7.92. The lowest BCUT2D eigenvalue weighted by molar-refractivity contribution is 0.0326. The third kappa shape index (κ3) is 4.83. The van der Waals surface area contributed by atoms with Gasteiger partial charge in [0, 0.05) is 30.7 Å². The molecule has 0 radical (unpaired) electrons. The average Bonchev–Trinajstić information content (AvgIpc) is 2.78. The number of hydrogen-bond donors (Lipinski definition) is 1. The van der Waals surface area contributed by atoms with Gasteiger partial charge in [0.2, 0.25) is 0 Å². The van der Waals surface area contributed by atoms with E-state index in [4.69, 9.17) is 4.42 Å². The van der Waals surface area contributed by atoms with Crippen molar-refractivity contribution in [2.45, 2.75) is 58.8 Å². The van der Waals surface area contributed by atoms with Gasteiger partial charge in [-0.2, -0.15) is 0 Å². The van der Waals surface area contributed by atoms with E-state index in [0.717, 1.165) is 44.2 Å². The van der Waals surface area contributed by atoms with Crippen LogP contribution in [0.3, 0.4) is 0 Å². The summed E-state index contributed by atoms with van der Waals surface area (Å²) in [7, 11) is 2.21. The van der Waals surface area contributed by atoms with Gasteiger partial charge in [0.1, 0.15) is 11.5 Å². The summed E-state index contributed by atoms with van der Waals surface area (Å²) in [6.07, 6.45) is 0. The van der Waals surface area contributed by atoms with E-state index in [9.17, 15) is 0 Å². The summed E-state index contributed by atoms with van der Waals surface area (Å²) >= 11 is 0. The van der Waals surface area contributed by atoms with E-state index in [0.29, 0.717) is 0 Å². The summed E-state index contributed by atoms with van der Waals surface area (Å²) in [5, 5.41) is 3.46. The van der Waals surface area contributed by atoms with Gasteiger partial charge >= 0.3 is 0 Å². The van der Waals surface area contributed by atoms with Crippen molar-refractivity contribution in [1.29, 1.82) is 0 Å². The van der Waals surface area contributed by atoms with E-state index in [1.165, 1.54) is 0 Å². The van der Waals surface area contributed by atoms with Crippen molar-refractivity contribution in [3.05, 3.63) is 23.7 Å². The standard InChI is InChI=1S/C17H31N3O/c1-16(2,3)18-11-14-7-8-15(21-14)12-20-10-9-19(6)17(4,5)13-20/h7-8,18H,9-13H2,1-6H3. The molecule has 1 fully saturated rings. The van der Waals surface area contributed by atoms with E-state index in [-0.39, 0.29) is 11.1 Å². The maximum atomic E-state index is 5.96. The highest BCUT2D eigenvalue weighted by atomic mass is 16.3. The summed E-state index contributed by atoms with van der Waals surface area (Å²) in [5.74, 6) is 2.09. The zero-order chi connectivity index (χ0) is 15.7. The van der Waals surface area contributed by atoms with Crippen LogP contribution in [-0.2, 0) is 13.1 Å². The zero-order valence-corrected chi connectivity index (χ0v) is 14.5. The lowest BCUT2D eigenvalue weighted by Gasteiger charge is -2.45. The van der Waals surface area contributed by atoms with Crippen LogP contribution in [0.5, 0.6) is 0 Å². The Morgan fingerprint density at radius 3 is 2.48 bits per heavy atom. The van der Waals surface area contributed by atoms with Crippen LogP contribution in [0, 0.1) is 0 Å². The molecule has 0 bridgehead atoms. The van der Waals surface area contributed by atoms with E-state index >= 15 is 0 Å². The van der Waals surface area contributed by atoms with Crippen molar-refractivity contribution in [1.82, 2.24) is 15.1 Å². The highest BCUT2D eigenvalue weighted by molar-refractivity contribution is 5.08. The molecule has 4 heteroatoms. The molecule has 120 valence electrons. The van der Waals surface area contributed by atoms with Crippen molar-refractivity contribution < 1.29 is 4.42 Å². The van der Waals surface area contributed by atoms with Crippen molar-refractivity contribution in [2.75, 3.05) is 26.7 Å². The minimum absolute atomic E-state index is 0.119. The Morgan fingerprint density at radius 2 is 1.86 bits per heavy atom. The Bertz CT molecular complexity index is 459. The summed E-state index contributed by atoms with van der Waals surface area (Å²) in [6, 6.07) is 4.21. The highest BCUT2D eigenvalue weighted by Crippen LogP contribution is 2.21. The molecule has 2 heterocycles. The van der Waals surface area contributed by atoms with Crippen LogP contribution in [-0.4, -0.2) is 47.6 Å². The lowest BCUT2D eigenvalue weighted by Crippen LogP contribution is -2.57. The first-order chi connectivity index (χ1) is 9.66. The second kappa shape index (κ2) is 6.11. The second-order valence-electron chi connectivity index (χ2n) is 7.92. The largest absolute Gasteiger partial charge is 0.463 e. The number of piperazine rings is 1. The quantitative estimate of drug-likeness (QED) is 0.925.